The molecule has 0 spiro atoms. The van der Waals surface area contributed by atoms with Crippen LogP contribution < -0.4 is 10.6 Å². The normalized spacial score (nSPS) is 10.5. The largest absolute Gasteiger partial charge is 0.347 e. The summed E-state index contributed by atoms with van der Waals surface area (Å²) in [6.45, 7) is 3.60. The second kappa shape index (κ2) is 8.24. The maximum Gasteiger partial charge on any atom is 0.277 e. The number of aromatic nitrogens is 3. The zero-order chi connectivity index (χ0) is 19.3. The van der Waals surface area contributed by atoms with Crippen LogP contribution in [-0.2, 0) is 16.1 Å². The van der Waals surface area contributed by atoms with E-state index in [9.17, 15) is 14.4 Å². The smallest absolute Gasteiger partial charge is 0.277 e. The number of nitrogens with zero attached hydrogens (tertiary/aromatic N) is 4. The summed E-state index contributed by atoms with van der Waals surface area (Å²) in [5.74, 6) is -0.869. The van der Waals surface area contributed by atoms with Gasteiger partial charge in [0.1, 0.15) is 6.54 Å². The van der Waals surface area contributed by atoms with E-state index >= 15 is 0 Å². The number of hydrogen-bond acceptors (Lipinski definition) is 5. The average molecular weight is 358 g/mol. The van der Waals surface area contributed by atoms with E-state index < -0.39 is 5.91 Å². The van der Waals surface area contributed by atoms with Crippen molar-refractivity contribution in [2.24, 2.45) is 5.92 Å². The lowest BCUT2D eigenvalue weighted by Gasteiger charge is -2.09. The molecule has 3 amide bonds. The fourth-order valence-corrected chi connectivity index (χ4v) is 1.92. The summed E-state index contributed by atoms with van der Waals surface area (Å²) in [6, 6.07) is 6.80. The van der Waals surface area contributed by atoms with Gasteiger partial charge in [-0.1, -0.05) is 25.1 Å². The minimum absolute atomic E-state index is 0.00397. The van der Waals surface area contributed by atoms with Gasteiger partial charge in [-0.05, 0) is 18.2 Å². The predicted molar refractivity (Wildman–Crippen MR) is 96.6 cm³/mol. The highest BCUT2D eigenvalue weighted by Gasteiger charge is 2.14. The lowest BCUT2D eigenvalue weighted by molar-refractivity contribution is -0.129. The minimum Gasteiger partial charge on any atom is -0.347 e. The summed E-state index contributed by atoms with van der Waals surface area (Å²) in [7, 11) is 3.27. The van der Waals surface area contributed by atoms with Crippen LogP contribution in [0.25, 0.3) is 0 Å². The number of hydrogen-bond donors (Lipinski definition) is 2. The van der Waals surface area contributed by atoms with E-state index in [1.807, 2.05) is 0 Å². The minimum atomic E-state index is -0.458. The highest BCUT2D eigenvalue weighted by molar-refractivity contribution is 6.03. The summed E-state index contributed by atoms with van der Waals surface area (Å²) < 4.78 is 1.30. The van der Waals surface area contributed by atoms with Gasteiger partial charge in [0, 0.05) is 31.4 Å². The molecule has 138 valence electrons. The maximum absolute atomic E-state index is 12.3. The van der Waals surface area contributed by atoms with E-state index in [2.05, 4.69) is 20.9 Å². The fraction of sp³-hybridized carbons (Fsp3) is 0.353. The topological polar surface area (TPSA) is 109 Å². The average Bonchev–Trinajstić information content (AvgIpc) is 3.03. The molecule has 0 atom stereocenters. The Morgan fingerprint density at radius 3 is 2.42 bits per heavy atom. The zero-order valence-corrected chi connectivity index (χ0v) is 15.2. The molecule has 2 N–H and O–H groups in total. The monoisotopic (exact) mass is 358 g/mol. The van der Waals surface area contributed by atoms with Crippen LogP contribution in [0, 0.1) is 5.92 Å². The molecule has 0 saturated heterocycles. The molecule has 9 heteroatoms. The zero-order valence-electron chi connectivity index (χ0n) is 15.2. The van der Waals surface area contributed by atoms with E-state index in [1.165, 1.54) is 15.8 Å². The molecule has 1 aromatic heterocycles. The van der Waals surface area contributed by atoms with Crippen LogP contribution >= 0.6 is 0 Å². The molecular weight excluding hydrogens is 336 g/mol. The van der Waals surface area contributed by atoms with Gasteiger partial charge in [0.25, 0.3) is 5.91 Å². The van der Waals surface area contributed by atoms with Crippen molar-refractivity contribution in [1.29, 1.82) is 0 Å². The van der Waals surface area contributed by atoms with Crippen LogP contribution in [0.3, 0.4) is 0 Å². The summed E-state index contributed by atoms with van der Waals surface area (Å²) >= 11 is 0. The SMILES string of the molecule is CC(C)C(=O)Nc1cccc(NC(=O)c2cn(CC(=O)N(C)C)nn2)c1. The van der Waals surface area contributed by atoms with Crippen molar-refractivity contribution in [2.75, 3.05) is 24.7 Å². The first kappa shape index (κ1) is 19.1. The summed E-state index contributed by atoms with van der Waals surface area (Å²) in [5, 5.41) is 13.0. The first-order valence-electron chi connectivity index (χ1n) is 8.09. The Balaban J connectivity index is 2.03. The van der Waals surface area contributed by atoms with Crippen molar-refractivity contribution >= 4 is 29.1 Å². The van der Waals surface area contributed by atoms with Gasteiger partial charge in [0.05, 0.1) is 6.20 Å². The Hall–Kier alpha value is -3.23. The molecule has 0 unspecified atom stereocenters. The van der Waals surface area contributed by atoms with E-state index in [1.54, 1.807) is 52.2 Å². The summed E-state index contributed by atoms with van der Waals surface area (Å²) in [6.07, 6.45) is 1.40. The second-order valence-electron chi connectivity index (χ2n) is 6.27. The molecule has 0 aliphatic carbocycles. The number of benzene rings is 1. The summed E-state index contributed by atoms with van der Waals surface area (Å²) in [4.78, 5) is 37.1. The number of amides is 3. The standard InChI is InChI=1S/C17H22N6O3/c1-11(2)16(25)18-12-6-5-7-13(8-12)19-17(26)14-9-23(21-20-14)10-15(24)22(3)4/h5-9,11H,10H2,1-4H3,(H,18,25)(H,19,26). The van der Waals surface area contributed by atoms with Gasteiger partial charge in [-0.15, -0.1) is 5.10 Å². The first-order valence-corrected chi connectivity index (χ1v) is 8.09. The fourth-order valence-electron chi connectivity index (χ4n) is 1.92. The van der Waals surface area contributed by atoms with E-state index in [-0.39, 0.29) is 30.0 Å². The van der Waals surface area contributed by atoms with Crippen LogP contribution in [-0.4, -0.2) is 51.7 Å². The molecule has 0 aliphatic rings. The summed E-state index contributed by atoms with van der Waals surface area (Å²) in [5.41, 5.74) is 1.19. The molecule has 0 bridgehead atoms. The molecule has 9 nitrogen and oxygen atoms in total. The molecule has 2 aromatic rings. The number of carbonyl (C=O) groups excluding carboxylic acids is 3. The van der Waals surface area contributed by atoms with Crippen LogP contribution in [0.1, 0.15) is 24.3 Å². The van der Waals surface area contributed by atoms with Gasteiger partial charge in [0.15, 0.2) is 5.69 Å². The van der Waals surface area contributed by atoms with Crippen molar-refractivity contribution in [3.8, 4) is 0 Å². The lowest BCUT2D eigenvalue weighted by Crippen LogP contribution is -2.26. The van der Waals surface area contributed by atoms with Gasteiger partial charge in [-0.25, -0.2) is 4.68 Å². The molecule has 2 rings (SSSR count). The number of carbonyl (C=O) groups is 3. The second-order valence-corrected chi connectivity index (χ2v) is 6.27. The number of likely N-dealkylation sites (N-methyl/N-ethyl adjacent to an activating group) is 1. The Bertz CT molecular complexity index is 812. The van der Waals surface area contributed by atoms with E-state index in [0.29, 0.717) is 11.4 Å². The van der Waals surface area contributed by atoms with Gasteiger partial charge in [0.2, 0.25) is 11.8 Å². The Kier molecular flexibility index (Phi) is 6.05. The molecule has 1 heterocycles. The maximum atomic E-state index is 12.3. The van der Waals surface area contributed by atoms with Crippen molar-refractivity contribution in [1.82, 2.24) is 19.9 Å². The molecular formula is C17H22N6O3. The van der Waals surface area contributed by atoms with Gasteiger partial charge in [-0.2, -0.15) is 0 Å². The molecule has 0 fully saturated rings. The Morgan fingerprint density at radius 1 is 1.15 bits per heavy atom. The number of anilines is 2. The van der Waals surface area contributed by atoms with Crippen LogP contribution in [0.4, 0.5) is 11.4 Å². The highest BCUT2D eigenvalue weighted by Crippen LogP contribution is 2.16. The molecule has 0 saturated carbocycles. The van der Waals surface area contributed by atoms with Crippen molar-refractivity contribution < 1.29 is 14.4 Å². The van der Waals surface area contributed by atoms with Gasteiger partial charge >= 0.3 is 0 Å². The molecule has 0 aliphatic heterocycles. The third-order valence-electron chi connectivity index (χ3n) is 3.48. The first-order chi connectivity index (χ1) is 12.3. The van der Waals surface area contributed by atoms with Crippen molar-refractivity contribution in [3.05, 3.63) is 36.2 Å². The predicted octanol–water partition coefficient (Wildman–Crippen LogP) is 1.21. The highest BCUT2D eigenvalue weighted by atomic mass is 16.2. The lowest BCUT2D eigenvalue weighted by atomic mass is 10.2. The Labute approximate surface area is 151 Å². The van der Waals surface area contributed by atoms with Crippen molar-refractivity contribution in [2.45, 2.75) is 20.4 Å². The van der Waals surface area contributed by atoms with Crippen molar-refractivity contribution in [3.63, 3.8) is 0 Å². The van der Waals surface area contributed by atoms with Gasteiger partial charge < -0.3 is 15.5 Å². The van der Waals surface area contributed by atoms with Crippen LogP contribution in [0.5, 0.6) is 0 Å². The Morgan fingerprint density at radius 2 is 1.81 bits per heavy atom. The molecule has 0 radical (unpaired) electrons. The van der Waals surface area contributed by atoms with Crippen LogP contribution in [0.2, 0.25) is 0 Å². The third kappa shape index (κ3) is 5.13. The third-order valence-corrected chi connectivity index (χ3v) is 3.48. The van der Waals surface area contributed by atoms with E-state index in [0.717, 1.165) is 0 Å². The number of nitrogens with one attached hydrogen (secondary N) is 2. The quantitative estimate of drug-likeness (QED) is 0.807. The van der Waals surface area contributed by atoms with Crippen LogP contribution in [0.15, 0.2) is 30.5 Å². The van der Waals surface area contributed by atoms with Gasteiger partial charge in [-0.3, -0.25) is 14.4 Å². The van der Waals surface area contributed by atoms with E-state index in [4.69, 9.17) is 0 Å². The molecule has 1 aromatic carbocycles. The molecule has 26 heavy (non-hydrogen) atoms. The number of rotatable bonds is 6.